The normalized spacial score (nSPS) is 13.1. The summed E-state index contributed by atoms with van der Waals surface area (Å²) >= 11 is 3.67. The molecule has 0 radical (unpaired) electrons. The van der Waals surface area contributed by atoms with Gasteiger partial charge in [0.25, 0.3) is 0 Å². The Labute approximate surface area is 311 Å². The Morgan fingerprint density at radius 3 is 1.31 bits per heavy atom. The Kier molecular flexibility index (Phi) is 7.70. The van der Waals surface area contributed by atoms with Crippen molar-refractivity contribution in [3.8, 4) is 34.2 Å². The van der Waals surface area contributed by atoms with Gasteiger partial charge in [0.05, 0.1) is 11.4 Å². The van der Waals surface area contributed by atoms with Crippen molar-refractivity contribution in [2.45, 2.75) is 25.5 Å². The molecule has 0 N–H and O–H groups in total. The van der Waals surface area contributed by atoms with E-state index in [2.05, 4.69) is 150 Å². The van der Waals surface area contributed by atoms with Gasteiger partial charge in [-0.15, -0.1) is 0 Å². The third-order valence-electron chi connectivity index (χ3n) is 9.67. The van der Waals surface area contributed by atoms with Crippen molar-refractivity contribution in [2.75, 3.05) is 4.90 Å². The lowest BCUT2D eigenvalue weighted by molar-refractivity contribution is 0.902. The van der Waals surface area contributed by atoms with Crippen LogP contribution in [0.25, 0.3) is 34.2 Å². The van der Waals surface area contributed by atoms with Crippen molar-refractivity contribution in [3.05, 3.63) is 193 Å². The number of benzene rings is 7. The Morgan fingerprint density at radius 2 is 0.769 bits per heavy atom. The zero-order chi connectivity index (χ0) is 34.4. The molecule has 7 aromatic carbocycles. The van der Waals surface area contributed by atoms with Crippen LogP contribution >= 0.6 is 23.5 Å². The van der Waals surface area contributed by atoms with E-state index in [9.17, 15) is 0 Å². The zero-order valence-corrected chi connectivity index (χ0v) is 29.6. The first-order valence-corrected chi connectivity index (χ1v) is 18.9. The van der Waals surface area contributed by atoms with Crippen molar-refractivity contribution in [2.24, 2.45) is 0 Å². The van der Waals surface area contributed by atoms with Gasteiger partial charge in [-0.2, -0.15) is 0 Å². The summed E-state index contributed by atoms with van der Waals surface area (Å²) < 4.78 is 0. The number of hydrogen-bond donors (Lipinski definition) is 0. The highest BCUT2D eigenvalue weighted by Crippen LogP contribution is 2.51. The molecule has 0 amide bonds. The van der Waals surface area contributed by atoms with Crippen LogP contribution in [0.4, 0.5) is 17.1 Å². The molecule has 10 rings (SSSR count). The van der Waals surface area contributed by atoms with Crippen LogP contribution in [-0.4, -0.2) is 15.0 Å². The molecule has 2 aliphatic rings. The number of anilines is 3. The van der Waals surface area contributed by atoms with Gasteiger partial charge in [0, 0.05) is 47.9 Å². The molecule has 0 spiro atoms. The van der Waals surface area contributed by atoms with Crippen LogP contribution < -0.4 is 4.90 Å². The van der Waals surface area contributed by atoms with E-state index in [1.165, 1.54) is 47.6 Å². The van der Waals surface area contributed by atoms with Gasteiger partial charge in [-0.1, -0.05) is 139 Å². The largest absolute Gasteiger partial charge is 0.308 e. The monoisotopic (exact) mass is 702 g/mol. The summed E-state index contributed by atoms with van der Waals surface area (Å²) in [5, 5.41) is 0. The van der Waals surface area contributed by atoms with Crippen LogP contribution in [0.1, 0.15) is 22.6 Å². The van der Waals surface area contributed by atoms with Gasteiger partial charge in [0.2, 0.25) is 0 Å². The Bertz CT molecular complexity index is 2340. The first-order chi connectivity index (χ1) is 25.8. The molecule has 0 fully saturated rings. The number of hydrogen-bond acceptors (Lipinski definition) is 6. The van der Waals surface area contributed by atoms with Gasteiger partial charge in [-0.05, 0) is 77.4 Å². The number of rotatable bonds is 5. The lowest BCUT2D eigenvalue weighted by atomic mass is 9.84. The van der Waals surface area contributed by atoms with E-state index in [1.807, 2.05) is 53.9 Å². The van der Waals surface area contributed by atoms with Gasteiger partial charge >= 0.3 is 0 Å². The maximum Gasteiger partial charge on any atom is 0.164 e. The topological polar surface area (TPSA) is 41.9 Å². The molecule has 0 bridgehead atoms. The highest BCUT2D eigenvalue weighted by atomic mass is 32.2. The van der Waals surface area contributed by atoms with Gasteiger partial charge in [0.15, 0.2) is 17.5 Å². The molecule has 52 heavy (non-hydrogen) atoms. The SMILES string of the molecule is c1ccc(-c2nc(-c3ccc(C4c5ccccc5Sc5ccccc54)cc3)nc(-c3ccc(N4c5ccccc5Sc5ccccc54)cc3)n2)cc1. The summed E-state index contributed by atoms with van der Waals surface area (Å²) in [5.74, 6) is 2.10. The third kappa shape index (κ3) is 5.48. The van der Waals surface area contributed by atoms with E-state index >= 15 is 0 Å². The molecule has 0 saturated heterocycles. The molecular weight excluding hydrogens is 673 g/mol. The maximum atomic E-state index is 5.09. The van der Waals surface area contributed by atoms with E-state index < -0.39 is 0 Å². The Balaban J connectivity index is 1.04. The minimum atomic E-state index is 0.160. The molecule has 2 aliphatic heterocycles. The number of para-hydroxylation sites is 2. The van der Waals surface area contributed by atoms with Crippen LogP contribution in [0.2, 0.25) is 0 Å². The second-order valence-electron chi connectivity index (χ2n) is 12.8. The number of aromatic nitrogens is 3. The van der Waals surface area contributed by atoms with Crippen molar-refractivity contribution >= 4 is 40.6 Å². The van der Waals surface area contributed by atoms with Crippen molar-refractivity contribution < 1.29 is 0 Å². The Hall–Kier alpha value is -5.95. The standard InChI is InChI=1S/C46H30N4S2/c1-2-12-31(13-3-1)44-47-45(32-24-22-30(23-25-32)43-35-14-4-8-18-39(35)51-40-19-9-5-15-36(40)43)49-46(48-44)33-26-28-34(29-27-33)50-37-16-6-10-20-41(37)52-42-21-11-7-17-38(42)50/h1-29,43H. The van der Waals surface area contributed by atoms with Crippen LogP contribution in [0, 0.1) is 0 Å². The molecule has 246 valence electrons. The quantitative estimate of drug-likeness (QED) is 0.178. The highest BCUT2D eigenvalue weighted by Gasteiger charge is 2.28. The fraction of sp³-hybridized carbons (Fsp3) is 0.0217. The minimum Gasteiger partial charge on any atom is -0.308 e. The van der Waals surface area contributed by atoms with Crippen LogP contribution in [-0.2, 0) is 0 Å². The first kappa shape index (κ1) is 30.8. The average Bonchev–Trinajstić information content (AvgIpc) is 3.22. The molecule has 1 aromatic heterocycles. The average molecular weight is 703 g/mol. The van der Waals surface area contributed by atoms with Gasteiger partial charge in [-0.3, -0.25) is 0 Å². The maximum absolute atomic E-state index is 5.09. The smallest absolute Gasteiger partial charge is 0.164 e. The second-order valence-corrected chi connectivity index (χ2v) is 15.0. The predicted molar refractivity (Wildman–Crippen MR) is 213 cm³/mol. The number of nitrogens with zero attached hydrogens (tertiary/aromatic N) is 4. The summed E-state index contributed by atoms with van der Waals surface area (Å²) in [4.78, 5) is 22.5. The predicted octanol–water partition coefficient (Wildman–Crippen LogP) is 12.5. The molecule has 0 saturated carbocycles. The fourth-order valence-electron chi connectivity index (χ4n) is 7.19. The Morgan fingerprint density at radius 1 is 0.365 bits per heavy atom. The summed E-state index contributed by atoms with van der Waals surface area (Å²) in [7, 11) is 0. The van der Waals surface area contributed by atoms with E-state index in [4.69, 9.17) is 15.0 Å². The molecule has 4 nitrogen and oxygen atoms in total. The molecule has 0 atom stereocenters. The molecule has 6 heteroatoms. The van der Waals surface area contributed by atoms with Gasteiger partial charge in [-0.25, -0.2) is 15.0 Å². The van der Waals surface area contributed by atoms with Crippen molar-refractivity contribution in [1.29, 1.82) is 0 Å². The van der Waals surface area contributed by atoms with E-state index in [-0.39, 0.29) is 5.92 Å². The zero-order valence-electron chi connectivity index (χ0n) is 27.9. The summed E-state index contributed by atoms with van der Waals surface area (Å²) in [6.07, 6.45) is 0. The minimum absolute atomic E-state index is 0.160. The lowest BCUT2D eigenvalue weighted by Gasteiger charge is -2.32. The molecular formula is C46H30N4S2. The summed E-state index contributed by atoms with van der Waals surface area (Å²) in [6, 6.07) is 62.2. The third-order valence-corrected chi connectivity index (χ3v) is 12.0. The fourth-order valence-corrected chi connectivity index (χ4v) is 9.38. The van der Waals surface area contributed by atoms with E-state index in [0.29, 0.717) is 17.5 Å². The van der Waals surface area contributed by atoms with Crippen LogP contribution in [0.3, 0.4) is 0 Å². The van der Waals surface area contributed by atoms with E-state index in [1.54, 1.807) is 0 Å². The first-order valence-electron chi connectivity index (χ1n) is 17.3. The lowest BCUT2D eigenvalue weighted by Crippen LogP contribution is -2.14. The van der Waals surface area contributed by atoms with Crippen molar-refractivity contribution in [1.82, 2.24) is 15.0 Å². The van der Waals surface area contributed by atoms with Crippen LogP contribution in [0.15, 0.2) is 196 Å². The molecule has 0 unspecified atom stereocenters. The van der Waals surface area contributed by atoms with Gasteiger partial charge < -0.3 is 4.90 Å². The molecule has 8 aromatic rings. The van der Waals surface area contributed by atoms with Gasteiger partial charge in [0.1, 0.15) is 0 Å². The van der Waals surface area contributed by atoms with Crippen molar-refractivity contribution in [3.63, 3.8) is 0 Å². The van der Waals surface area contributed by atoms with Crippen LogP contribution in [0.5, 0.6) is 0 Å². The molecule has 0 aliphatic carbocycles. The number of fused-ring (bicyclic) bond motifs is 4. The second kappa shape index (κ2) is 13.0. The highest BCUT2D eigenvalue weighted by molar-refractivity contribution is 8.00. The summed E-state index contributed by atoms with van der Waals surface area (Å²) in [6.45, 7) is 0. The summed E-state index contributed by atoms with van der Waals surface area (Å²) in [5.41, 5.74) is 10.2. The molecule has 3 heterocycles. The van der Waals surface area contributed by atoms with E-state index in [0.717, 1.165) is 22.4 Å².